The van der Waals surface area contributed by atoms with E-state index in [9.17, 15) is 4.79 Å². The first-order valence-electron chi connectivity index (χ1n) is 6.18. The van der Waals surface area contributed by atoms with Gasteiger partial charge >= 0.3 is 0 Å². The number of hydrogen-bond acceptors (Lipinski definition) is 3. The molecule has 0 amide bonds. The largest absolute Gasteiger partial charge is 0.381 e. The van der Waals surface area contributed by atoms with Gasteiger partial charge in [0.1, 0.15) is 5.78 Å². The van der Waals surface area contributed by atoms with Gasteiger partial charge in [0, 0.05) is 25.5 Å². The molecule has 0 bridgehead atoms. The lowest BCUT2D eigenvalue weighted by Gasteiger charge is -2.21. The zero-order valence-corrected chi connectivity index (χ0v) is 10.0. The quantitative estimate of drug-likeness (QED) is 0.861. The molecule has 2 N–H and O–H groups in total. The van der Waals surface area contributed by atoms with E-state index in [-0.39, 0.29) is 11.7 Å². The molecule has 1 heterocycles. The predicted octanol–water partition coefficient (Wildman–Crippen LogP) is 1.68. The summed E-state index contributed by atoms with van der Waals surface area (Å²) in [7, 11) is 0. The normalized spacial score (nSPS) is 20.2. The van der Waals surface area contributed by atoms with E-state index in [4.69, 9.17) is 10.5 Å². The first-order valence-corrected chi connectivity index (χ1v) is 6.18. The van der Waals surface area contributed by atoms with Gasteiger partial charge in [0.15, 0.2) is 0 Å². The van der Waals surface area contributed by atoms with Crippen LogP contribution in [0.15, 0.2) is 24.3 Å². The van der Waals surface area contributed by atoms with Crippen LogP contribution in [0.1, 0.15) is 24.0 Å². The van der Waals surface area contributed by atoms with E-state index in [1.807, 2.05) is 24.3 Å². The summed E-state index contributed by atoms with van der Waals surface area (Å²) in [4.78, 5) is 12.1. The summed E-state index contributed by atoms with van der Waals surface area (Å²) >= 11 is 0. The number of carbonyl (C=O) groups excluding carboxylic acids is 1. The van der Waals surface area contributed by atoms with Crippen molar-refractivity contribution in [2.24, 2.45) is 11.7 Å². The van der Waals surface area contributed by atoms with E-state index in [1.165, 1.54) is 0 Å². The van der Waals surface area contributed by atoms with Crippen LogP contribution in [-0.4, -0.2) is 19.0 Å². The van der Waals surface area contributed by atoms with Gasteiger partial charge in [-0.1, -0.05) is 24.3 Å². The molecule has 0 aliphatic carbocycles. The summed E-state index contributed by atoms with van der Waals surface area (Å²) in [5.41, 5.74) is 7.80. The molecular formula is C14H19NO2. The molecule has 1 saturated heterocycles. The van der Waals surface area contributed by atoms with Crippen LogP contribution >= 0.6 is 0 Å². The van der Waals surface area contributed by atoms with Crippen molar-refractivity contribution in [2.45, 2.75) is 25.8 Å². The lowest BCUT2D eigenvalue weighted by molar-refractivity contribution is -0.126. The summed E-state index contributed by atoms with van der Waals surface area (Å²) in [6, 6.07) is 7.89. The minimum absolute atomic E-state index is 0.0783. The molecule has 2 rings (SSSR count). The monoisotopic (exact) mass is 233 g/mol. The number of hydrogen-bond donors (Lipinski definition) is 1. The Morgan fingerprint density at radius 2 is 2.12 bits per heavy atom. The molecule has 1 aliphatic rings. The number of benzene rings is 1. The van der Waals surface area contributed by atoms with Crippen LogP contribution in [0.2, 0.25) is 0 Å². The van der Waals surface area contributed by atoms with Crippen LogP contribution in [-0.2, 0) is 22.5 Å². The Labute approximate surface area is 102 Å². The number of nitrogens with two attached hydrogens (primary N) is 1. The summed E-state index contributed by atoms with van der Waals surface area (Å²) < 4.78 is 5.35. The number of carbonyl (C=O) groups is 1. The third kappa shape index (κ3) is 3.14. The molecule has 1 aromatic rings. The highest BCUT2D eigenvalue weighted by Gasteiger charge is 2.22. The zero-order chi connectivity index (χ0) is 12.1. The summed E-state index contributed by atoms with van der Waals surface area (Å²) in [6.45, 7) is 1.87. The molecule has 0 aromatic heterocycles. The average Bonchev–Trinajstić information content (AvgIpc) is 2.40. The van der Waals surface area contributed by atoms with Gasteiger partial charge in [0.25, 0.3) is 0 Å². The van der Waals surface area contributed by atoms with E-state index in [1.54, 1.807) is 0 Å². The molecule has 1 atom stereocenters. The molecule has 3 heteroatoms. The average molecular weight is 233 g/mol. The van der Waals surface area contributed by atoms with Crippen molar-refractivity contribution in [3.8, 4) is 0 Å². The minimum atomic E-state index is 0.0783. The first kappa shape index (κ1) is 12.3. The predicted molar refractivity (Wildman–Crippen MR) is 66.6 cm³/mol. The Hall–Kier alpha value is -1.19. The van der Waals surface area contributed by atoms with Gasteiger partial charge in [-0.25, -0.2) is 0 Å². The van der Waals surface area contributed by atoms with Gasteiger partial charge in [-0.2, -0.15) is 0 Å². The Kier molecular flexibility index (Phi) is 4.29. The van der Waals surface area contributed by atoms with Gasteiger partial charge < -0.3 is 10.5 Å². The van der Waals surface area contributed by atoms with Crippen molar-refractivity contribution in [1.82, 2.24) is 0 Å². The number of rotatable bonds is 4. The van der Waals surface area contributed by atoms with Crippen LogP contribution < -0.4 is 5.73 Å². The topological polar surface area (TPSA) is 52.3 Å². The lowest BCUT2D eigenvalue weighted by atomic mass is 9.91. The standard InChI is InChI=1S/C14H19NO2/c15-9-12-5-2-1-4-11(12)8-14(16)13-6-3-7-17-10-13/h1-2,4-5,13H,3,6-10,15H2. The van der Waals surface area contributed by atoms with E-state index in [2.05, 4.69) is 0 Å². The fourth-order valence-electron chi connectivity index (χ4n) is 2.26. The molecule has 1 fully saturated rings. The Morgan fingerprint density at radius 3 is 2.76 bits per heavy atom. The van der Waals surface area contributed by atoms with Crippen molar-refractivity contribution in [1.29, 1.82) is 0 Å². The molecule has 1 unspecified atom stereocenters. The van der Waals surface area contributed by atoms with Gasteiger partial charge in [-0.05, 0) is 24.0 Å². The Morgan fingerprint density at radius 1 is 1.35 bits per heavy atom. The molecule has 92 valence electrons. The first-order chi connectivity index (χ1) is 8.31. The van der Waals surface area contributed by atoms with Gasteiger partial charge in [-0.15, -0.1) is 0 Å². The van der Waals surface area contributed by atoms with E-state index < -0.39 is 0 Å². The number of ketones is 1. The van der Waals surface area contributed by atoms with Crippen LogP contribution in [0, 0.1) is 5.92 Å². The number of Topliss-reactive ketones (excluding diaryl/α,β-unsaturated/α-hetero) is 1. The molecule has 3 nitrogen and oxygen atoms in total. The Bertz CT molecular complexity index is 384. The highest BCUT2D eigenvalue weighted by atomic mass is 16.5. The van der Waals surface area contributed by atoms with Crippen LogP contribution in [0.4, 0.5) is 0 Å². The fourth-order valence-corrected chi connectivity index (χ4v) is 2.26. The molecule has 1 aromatic carbocycles. The SMILES string of the molecule is NCc1ccccc1CC(=O)C1CCCOC1. The van der Waals surface area contributed by atoms with E-state index in [0.29, 0.717) is 19.6 Å². The lowest BCUT2D eigenvalue weighted by Crippen LogP contribution is -2.26. The summed E-state index contributed by atoms with van der Waals surface area (Å²) in [5.74, 6) is 0.361. The highest BCUT2D eigenvalue weighted by Crippen LogP contribution is 2.18. The maximum atomic E-state index is 12.1. The van der Waals surface area contributed by atoms with Crippen molar-refractivity contribution < 1.29 is 9.53 Å². The molecule has 0 saturated carbocycles. The van der Waals surface area contributed by atoms with Crippen LogP contribution in [0.3, 0.4) is 0 Å². The van der Waals surface area contributed by atoms with Gasteiger partial charge in [-0.3, -0.25) is 4.79 Å². The molecule has 0 spiro atoms. The van der Waals surface area contributed by atoms with Gasteiger partial charge in [0.05, 0.1) is 6.61 Å². The highest BCUT2D eigenvalue weighted by molar-refractivity contribution is 5.83. The third-order valence-electron chi connectivity index (χ3n) is 3.32. The second-order valence-electron chi connectivity index (χ2n) is 4.53. The summed E-state index contributed by atoms with van der Waals surface area (Å²) in [6.07, 6.45) is 2.44. The minimum Gasteiger partial charge on any atom is -0.381 e. The van der Waals surface area contributed by atoms with Gasteiger partial charge in [0.2, 0.25) is 0 Å². The van der Waals surface area contributed by atoms with E-state index >= 15 is 0 Å². The fraction of sp³-hybridized carbons (Fsp3) is 0.500. The Balaban J connectivity index is 2.01. The van der Waals surface area contributed by atoms with Crippen molar-refractivity contribution >= 4 is 5.78 Å². The summed E-state index contributed by atoms with van der Waals surface area (Å²) in [5, 5.41) is 0. The van der Waals surface area contributed by atoms with Crippen molar-refractivity contribution in [2.75, 3.05) is 13.2 Å². The maximum Gasteiger partial charge on any atom is 0.142 e. The molecule has 17 heavy (non-hydrogen) atoms. The zero-order valence-electron chi connectivity index (χ0n) is 10.0. The molecule has 1 aliphatic heterocycles. The van der Waals surface area contributed by atoms with Crippen molar-refractivity contribution in [3.05, 3.63) is 35.4 Å². The number of ether oxygens (including phenoxy) is 1. The second-order valence-corrected chi connectivity index (χ2v) is 4.53. The molecule has 0 radical (unpaired) electrons. The molecular weight excluding hydrogens is 214 g/mol. The second kappa shape index (κ2) is 5.94. The van der Waals surface area contributed by atoms with Crippen LogP contribution in [0.5, 0.6) is 0 Å². The van der Waals surface area contributed by atoms with E-state index in [0.717, 1.165) is 30.6 Å². The van der Waals surface area contributed by atoms with Crippen LogP contribution in [0.25, 0.3) is 0 Å². The maximum absolute atomic E-state index is 12.1. The van der Waals surface area contributed by atoms with Crippen molar-refractivity contribution in [3.63, 3.8) is 0 Å². The third-order valence-corrected chi connectivity index (χ3v) is 3.32. The smallest absolute Gasteiger partial charge is 0.142 e.